The maximum absolute atomic E-state index is 4.05. The quantitative estimate of drug-likeness (QED) is 0.767. The summed E-state index contributed by atoms with van der Waals surface area (Å²) < 4.78 is 2.05. The smallest absolute Gasteiger partial charge is 0.0949 e. The molecule has 0 radical (unpaired) electrons. The van der Waals surface area contributed by atoms with Gasteiger partial charge in [-0.25, -0.2) is 4.98 Å². The molecule has 0 bridgehead atoms. The van der Waals surface area contributed by atoms with Crippen LogP contribution < -0.4 is 0 Å². The van der Waals surface area contributed by atoms with E-state index in [1.165, 1.54) is 5.57 Å². The molecule has 1 aromatic rings. The predicted molar refractivity (Wildman–Crippen MR) is 76.0 cm³/mol. The zero-order valence-corrected chi connectivity index (χ0v) is 10.2. The van der Waals surface area contributed by atoms with Gasteiger partial charge < -0.3 is 4.57 Å². The van der Waals surface area contributed by atoms with Gasteiger partial charge >= 0.3 is 0 Å². The topological polar surface area (TPSA) is 17.8 Å². The molecule has 0 aliphatic heterocycles. The molecule has 0 aromatic carbocycles. The minimum Gasteiger partial charge on any atom is -0.333 e. The van der Waals surface area contributed by atoms with Crippen LogP contribution in [0.4, 0.5) is 0 Å². The molecule has 0 atom stereocenters. The minimum absolute atomic E-state index is 0.828. The first-order valence-electron chi connectivity index (χ1n) is 5.95. The van der Waals surface area contributed by atoms with Crippen molar-refractivity contribution in [1.29, 1.82) is 0 Å². The van der Waals surface area contributed by atoms with Crippen LogP contribution in [-0.4, -0.2) is 9.55 Å². The number of nitrogens with zero attached hydrogens (tertiary/aromatic N) is 2. The van der Waals surface area contributed by atoms with Crippen LogP contribution in [0.2, 0.25) is 0 Å². The van der Waals surface area contributed by atoms with Crippen LogP contribution in [0.1, 0.15) is 0 Å². The number of aromatic nitrogens is 2. The average Bonchev–Trinajstić information content (AvgIpc) is 2.85. The molecular formula is C16H16N2. The number of hydrogen-bond acceptors (Lipinski definition) is 1. The lowest BCUT2D eigenvalue weighted by molar-refractivity contribution is 0.796. The normalized spacial score (nSPS) is 27.0. The zero-order valence-electron chi connectivity index (χ0n) is 10.2. The summed E-state index contributed by atoms with van der Waals surface area (Å²) in [4.78, 5) is 4.05. The Morgan fingerprint density at radius 3 is 2.17 bits per heavy atom. The van der Waals surface area contributed by atoms with Crippen LogP contribution in [0.25, 0.3) is 0 Å². The fourth-order valence-corrected chi connectivity index (χ4v) is 1.56. The van der Waals surface area contributed by atoms with Crippen molar-refractivity contribution in [2.45, 2.75) is 6.54 Å². The van der Waals surface area contributed by atoms with Crippen LogP contribution in [0.5, 0.6) is 0 Å². The fourth-order valence-electron chi connectivity index (χ4n) is 1.56. The summed E-state index contributed by atoms with van der Waals surface area (Å²) in [5.41, 5.74) is 1.23. The standard InChI is InChI=1S/C16H16N2/c1-2-4-6-8-10-16(11-9-7-5-3-1)14-18-13-12-17-15-18/h1-13,15H,14H2/b2-1-,3-1?,4-2?,5-3-,6-4-,7-5?,8-6?,9-7-,10-8-,11-9?,16-10?,16-11+. The lowest BCUT2D eigenvalue weighted by atomic mass is 10.2. The summed E-state index contributed by atoms with van der Waals surface area (Å²) in [7, 11) is 0. The molecule has 0 saturated carbocycles. The van der Waals surface area contributed by atoms with E-state index in [0.717, 1.165) is 6.54 Å². The number of imidazole rings is 1. The van der Waals surface area contributed by atoms with E-state index in [0.29, 0.717) is 0 Å². The molecule has 0 saturated heterocycles. The van der Waals surface area contributed by atoms with Crippen molar-refractivity contribution in [2.75, 3.05) is 0 Å². The van der Waals surface area contributed by atoms with Gasteiger partial charge in [0.25, 0.3) is 0 Å². The van der Waals surface area contributed by atoms with E-state index < -0.39 is 0 Å². The van der Waals surface area contributed by atoms with Gasteiger partial charge in [-0.05, 0) is 5.57 Å². The second-order valence-electron chi connectivity index (χ2n) is 3.88. The largest absolute Gasteiger partial charge is 0.333 e. The highest BCUT2D eigenvalue weighted by Gasteiger charge is 1.93. The van der Waals surface area contributed by atoms with Gasteiger partial charge in [-0.2, -0.15) is 0 Å². The van der Waals surface area contributed by atoms with Crippen molar-refractivity contribution < 1.29 is 0 Å². The van der Waals surface area contributed by atoms with E-state index in [1.54, 1.807) is 6.20 Å². The highest BCUT2D eigenvalue weighted by Crippen LogP contribution is 2.04. The van der Waals surface area contributed by atoms with Gasteiger partial charge in [0.1, 0.15) is 0 Å². The molecule has 1 heterocycles. The van der Waals surface area contributed by atoms with Crippen molar-refractivity contribution in [3.8, 4) is 0 Å². The van der Waals surface area contributed by atoms with Crippen molar-refractivity contribution >= 4 is 0 Å². The Morgan fingerprint density at radius 1 is 0.833 bits per heavy atom. The van der Waals surface area contributed by atoms with Gasteiger partial charge in [0.2, 0.25) is 0 Å². The molecule has 1 aliphatic carbocycles. The van der Waals surface area contributed by atoms with Gasteiger partial charge in [0.05, 0.1) is 6.33 Å². The number of rotatable bonds is 2. The Balaban J connectivity index is 2.14. The van der Waals surface area contributed by atoms with Crippen LogP contribution in [0.15, 0.2) is 91.1 Å². The molecule has 1 aliphatic rings. The molecule has 0 unspecified atom stereocenters. The third-order valence-corrected chi connectivity index (χ3v) is 2.43. The van der Waals surface area contributed by atoms with E-state index in [1.807, 2.05) is 67.2 Å². The summed E-state index contributed by atoms with van der Waals surface area (Å²) in [5.74, 6) is 0. The van der Waals surface area contributed by atoms with Crippen molar-refractivity contribution in [1.82, 2.24) is 9.55 Å². The fraction of sp³-hybridized carbons (Fsp3) is 0.0625. The Hall–Kier alpha value is -2.35. The molecule has 90 valence electrons. The highest BCUT2D eigenvalue weighted by molar-refractivity contribution is 5.29. The molecule has 1 aromatic heterocycles. The van der Waals surface area contributed by atoms with Crippen LogP contribution >= 0.6 is 0 Å². The van der Waals surface area contributed by atoms with E-state index >= 15 is 0 Å². The van der Waals surface area contributed by atoms with E-state index in [2.05, 4.69) is 21.7 Å². The maximum atomic E-state index is 4.05. The molecule has 0 fully saturated rings. The Bertz CT molecular complexity index is 523. The zero-order chi connectivity index (χ0) is 12.5. The van der Waals surface area contributed by atoms with Crippen molar-refractivity contribution in [3.63, 3.8) is 0 Å². The molecule has 2 heteroatoms. The molecule has 0 spiro atoms. The Morgan fingerprint density at radius 2 is 1.50 bits per heavy atom. The minimum atomic E-state index is 0.828. The summed E-state index contributed by atoms with van der Waals surface area (Å²) >= 11 is 0. The van der Waals surface area contributed by atoms with Crippen molar-refractivity contribution in [2.24, 2.45) is 0 Å². The average molecular weight is 236 g/mol. The summed E-state index contributed by atoms with van der Waals surface area (Å²) in [6.07, 6.45) is 28.0. The third-order valence-electron chi connectivity index (χ3n) is 2.43. The first-order valence-corrected chi connectivity index (χ1v) is 5.95. The lowest BCUT2D eigenvalue weighted by Crippen LogP contribution is -1.96. The molecule has 0 N–H and O–H groups in total. The maximum Gasteiger partial charge on any atom is 0.0949 e. The van der Waals surface area contributed by atoms with Gasteiger partial charge in [-0.15, -0.1) is 0 Å². The Labute approximate surface area is 108 Å². The lowest BCUT2D eigenvalue weighted by Gasteiger charge is -2.02. The Kier molecular flexibility index (Phi) is 4.76. The van der Waals surface area contributed by atoms with Gasteiger partial charge in [-0.1, -0.05) is 66.8 Å². The number of hydrogen-bond donors (Lipinski definition) is 0. The number of allylic oxidation sites excluding steroid dienone is 12. The van der Waals surface area contributed by atoms with Gasteiger partial charge in [0.15, 0.2) is 0 Å². The van der Waals surface area contributed by atoms with Crippen LogP contribution in [-0.2, 0) is 6.54 Å². The predicted octanol–water partition coefficient (Wildman–Crippen LogP) is 3.60. The van der Waals surface area contributed by atoms with E-state index in [9.17, 15) is 0 Å². The molecule has 18 heavy (non-hydrogen) atoms. The van der Waals surface area contributed by atoms with Crippen LogP contribution in [0.3, 0.4) is 0 Å². The summed E-state index contributed by atoms with van der Waals surface area (Å²) in [6, 6.07) is 0. The second-order valence-corrected chi connectivity index (χ2v) is 3.88. The van der Waals surface area contributed by atoms with E-state index in [4.69, 9.17) is 0 Å². The third kappa shape index (κ3) is 4.26. The molecule has 0 amide bonds. The summed E-state index contributed by atoms with van der Waals surface area (Å²) in [5, 5.41) is 0. The van der Waals surface area contributed by atoms with Gasteiger partial charge in [0, 0.05) is 18.9 Å². The molecule has 2 rings (SSSR count). The summed E-state index contributed by atoms with van der Waals surface area (Å²) in [6.45, 7) is 0.828. The SMILES string of the molecule is C1=C\C=C/C=C\C(Cn2ccnc2)=C/C=C\C=C/1. The van der Waals surface area contributed by atoms with Crippen LogP contribution in [0, 0.1) is 0 Å². The van der Waals surface area contributed by atoms with Crippen molar-refractivity contribution in [3.05, 3.63) is 91.1 Å². The molecular weight excluding hydrogens is 220 g/mol. The molecule has 2 nitrogen and oxygen atoms in total. The second kappa shape index (κ2) is 7.07. The van der Waals surface area contributed by atoms with E-state index in [-0.39, 0.29) is 0 Å². The van der Waals surface area contributed by atoms with Gasteiger partial charge in [-0.3, -0.25) is 0 Å². The monoisotopic (exact) mass is 236 g/mol. The first-order chi connectivity index (χ1) is 8.95. The highest BCUT2D eigenvalue weighted by atomic mass is 15.0. The first kappa shape index (κ1) is 12.1.